The molecule has 0 radical (unpaired) electrons. The van der Waals surface area contributed by atoms with Gasteiger partial charge in [0, 0.05) is 25.2 Å². The Morgan fingerprint density at radius 2 is 1.66 bits per heavy atom. The van der Waals surface area contributed by atoms with Crippen molar-refractivity contribution >= 4 is 21.6 Å². The van der Waals surface area contributed by atoms with Crippen LogP contribution in [0.5, 0.6) is 11.5 Å². The molecular weight excluding hydrogens is 392 g/mol. The molecular formula is C21H28N2O5S. The lowest BCUT2D eigenvalue weighted by molar-refractivity contribution is -0.116. The molecule has 0 aliphatic heterocycles. The number of ether oxygens (including phenoxy) is 2. The van der Waals surface area contributed by atoms with Crippen molar-refractivity contribution in [3.8, 4) is 11.5 Å². The molecule has 0 atom stereocenters. The number of nitrogens with one attached hydrogen (secondary N) is 1. The smallest absolute Gasteiger partial charge is 0.243 e. The molecule has 0 spiro atoms. The van der Waals surface area contributed by atoms with Gasteiger partial charge in [0.05, 0.1) is 19.1 Å². The van der Waals surface area contributed by atoms with Crippen LogP contribution in [0.25, 0.3) is 0 Å². The van der Waals surface area contributed by atoms with Gasteiger partial charge in [-0.3, -0.25) is 4.79 Å². The molecule has 1 amide bonds. The van der Waals surface area contributed by atoms with Crippen LogP contribution < -0.4 is 14.8 Å². The average Bonchev–Trinajstić information content (AvgIpc) is 2.72. The number of hydrogen-bond acceptors (Lipinski definition) is 5. The summed E-state index contributed by atoms with van der Waals surface area (Å²) < 4.78 is 37.1. The standard InChI is InChI=1S/C21H28N2O5S/c1-5-23(6-2)29(25,26)18-13-11-17(12-14-18)22-20(24)15-10-16-8-7-9-19(27-3)21(16)28-4/h7-9,11-14H,5-6,10,15H2,1-4H3,(H,22,24). The summed E-state index contributed by atoms with van der Waals surface area (Å²) in [6.07, 6.45) is 0.740. The molecule has 158 valence electrons. The molecule has 7 nitrogen and oxygen atoms in total. The number of carbonyl (C=O) groups is 1. The fourth-order valence-corrected chi connectivity index (χ4v) is 4.50. The average molecular weight is 421 g/mol. The summed E-state index contributed by atoms with van der Waals surface area (Å²) in [5, 5.41) is 2.79. The van der Waals surface area contributed by atoms with E-state index < -0.39 is 10.0 Å². The van der Waals surface area contributed by atoms with Crippen LogP contribution in [0.1, 0.15) is 25.8 Å². The normalized spacial score (nSPS) is 11.3. The number of aryl methyl sites for hydroxylation is 1. The number of hydrogen-bond donors (Lipinski definition) is 1. The van der Waals surface area contributed by atoms with E-state index in [2.05, 4.69) is 5.32 Å². The maximum atomic E-state index is 12.5. The maximum Gasteiger partial charge on any atom is 0.243 e. The summed E-state index contributed by atoms with van der Waals surface area (Å²) in [6.45, 7) is 4.41. The Bertz CT molecular complexity index is 923. The van der Waals surface area contributed by atoms with Crippen LogP contribution >= 0.6 is 0 Å². The van der Waals surface area contributed by atoms with Crippen molar-refractivity contribution in [2.24, 2.45) is 0 Å². The van der Waals surface area contributed by atoms with Crippen molar-refractivity contribution in [2.45, 2.75) is 31.6 Å². The monoisotopic (exact) mass is 420 g/mol. The van der Waals surface area contributed by atoms with Gasteiger partial charge < -0.3 is 14.8 Å². The molecule has 0 aliphatic carbocycles. The maximum absolute atomic E-state index is 12.5. The Morgan fingerprint density at radius 1 is 1.00 bits per heavy atom. The minimum Gasteiger partial charge on any atom is -0.493 e. The number of nitrogens with zero attached hydrogens (tertiary/aromatic N) is 1. The van der Waals surface area contributed by atoms with E-state index in [0.717, 1.165) is 5.56 Å². The van der Waals surface area contributed by atoms with E-state index >= 15 is 0 Å². The number of para-hydroxylation sites is 1. The van der Waals surface area contributed by atoms with E-state index in [4.69, 9.17) is 9.47 Å². The second-order valence-electron chi connectivity index (χ2n) is 6.31. The number of carbonyl (C=O) groups excluding carboxylic acids is 1. The molecule has 8 heteroatoms. The summed E-state index contributed by atoms with van der Waals surface area (Å²) in [7, 11) is -0.380. The highest BCUT2D eigenvalue weighted by Crippen LogP contribution is 2.31. The summed E-state index contributed by atoms with van der Waals surface area (Å²) >= 11 is 0. The van der Waals surface area contributed by atoms with Crippen LogP contribution in [-0.4, -0.2) is 45.9 Å². The van der Waals surface area contributed by atoms with Crippen molar-refractivity contribution < 1.29 is 22.7 Å². The first-order chi connectivity index (χ1) is 13.9. The highest BCUT2D eigenvalue weighted by atomic mass is 32.2. The number of rotatable bonds is 10. The first-order valence-electron chi connectivity index (χ1n) is 9.47. The van der Waals surface area contributed by atoms with Crippen LogP contribution in [0, 0.1) is 0 Å². The van der Waals surface area contributed by atoms with E-state index in [-0.39, 0.29) is 17.2 Å². The molecule has 0 bridgehead atoms. The third-order valence-electron chi connectivity index (χ3n) is 4.59. The van der Waals surface area contributed by atoms with Gasteiger partial charge in [0.1, 0.15) is 0 Å². The Kier molecular flexibility index (Phi) is 8.04. The zero-order valence-electron chi connectivity index (χ0n) is 17.3. The van der Waals surface area contributed by atoms with Gasteiger partial charge in [-0.25, -0.2) is 8.42 Å². The van der Waals surface area contributed by atoms with Gasteiger partial charge in [-0.05, 0) is 42.3 Å². The van der Waals surface area contributed by atoms with Gasteiger partial charge in [0.15, 0.2) is 11.5 Å². The summed E-state index contributed by atoms with van der Waals surface area (Å²) in [5.74, 6) is 1.07. The Balaban J connectivity index is 2.02. The van der Waals surface area contributed by atoms with Crippen LogP contribution in [0.2, 0.25) is 0 Å². The lowest BCUT2D eigenvalue weighted by atomic mass is 10.1. The SMILES string of the molecule is CCN(CC)S(=O)(=O)c1ccc(NC(=O)CCc2cccc(OC)c2OC)cc1. The third kappa shape index (κ3) is 5.48. The first-order valence-corrected chi connectivity index (χ1v) is 10.9. The topological polar surface area (TPSA) is 84.9 Å². The lowest BCUT2D eigenvalue weighted by Gasteiger charge is -2.18. The Labute approximate surface area is 172 Å². The highest BCUT2D eigenvalue weighted by Gasteiger charge is 2.21. The predicted molar refractivity (Wildman–Crippen MR) is 113 cm³/mol. The van der Waals surface area contributed by atoms with Gasteiger partial charge in [0.2, 0.25) is 15.9 Å². The van der Waals surface area contributed by atoms with Crippen LogP contribution in [-0.2, 0) is 21.2 Å². The largest absolute Gasteiger partial charge is 0.493 e. The number of anilines is 1. The molecule has 0 heterocycles. The molecule has 2 aromatic rings. The van der Waals surface area contributed by atoms with Crippen molar-refractivity contribution in [3.05, 3.63) is 48.0 Å². The molecule has 2 aromatic carbocycles. The van der Waals surface area contributed by atoms with Gasteiger partial charge in [-0.2, -0.15) is 4.31 Å². The summed E-state index contributed by atoms with van der Waals surface area (Å²) in [5.41, 5.74) is 1.42. The summed E-state index contributed by atoms with van der Waals surface area (Å²) in [6, 6.07) is 11.8. The third-order valence-corrected chi connectivity index (χ3v) is 6.65. The van der Waals surface area contributed by atoms with Crippen molar-refractivity contribution in [3.63, 3.8) is 0 Å². The second-order valence-corrected chi connectivity index (χ2v) is 8.25. The zero-order chi connectivity index (χ0) is 21.4. The molecule has 0 saturated heterocycles. The predicted octanol–water partition coefficient (Wildman–Crippen LogP) is 3.31. The van der Waals surface area contributed by atoms with E-state index in [1.807, 2.05) is 12.1 Å². The molecule has 2 rings (SSSR count). The van der Waals surface area contributed by atoms with E-state index in [9.17, 15) is 13.2 Å². The van der Waals surface area contributed by atoms with Gasteiger partial charge in [-0.15, -0.1) is 0 Å². The van der Waals surface area contributed by atoms with Gasteiger partial charge in [0.25, 0.3) is 0 Å². The quantitative estimate of drug-likeness (QED) is 0.637. The van der Waals surface area contributed by atoms with Crippen LogP contribution in [0.4, 0.5) is 5.69 Å². The molecule has 0 saturated carbocycles. The van der Waals surface area contributed by atoms with Crippen molar-refractivity contribution in [1.82, 2.24) is 4.31 Å². The minimum absolute atomic E-state index is 0.172. The van der Waals surface area contributed by atoms with E-state index in [1.54, 1.807) is 46.3 Å². The highest BCUT2D eigenvalue weighted by molar-refractivity contribution is 7.89. The molecule has 0 unspecified atom stereocenters. The fourth-order valence-electron chi connectivity index (χ4n) is 3.05. The molecule has 1 N–H and O–H groups in total. The molecule has 29 heavy (non-hydrogen) atoms. The van der Waals surface area contributed by atoms with Crippen molar-refractivity contribution in [1.29, 1.82) is 0 Å². The molecule has 0 aromatic heterocycles. The number of amides is 1. The van der Waals surface area contributed by atoms with Crippen LogP contribution in [0.15, 0.2) is 47.4 Å². The first kappa shape index (κ1) is 22.7. The van der Waals surface area contributed by atoms with Gasteiger partial charge >= 0.3 is 0 Å². The zero-order valence-corrected chi connectivity index (χ0v) is 18.1. The van der Waals surface area contributed by atoms with E-state index in [1.165, 1.54) is 16.4 Å². The number of benzene rings is 2. The Hall–Kier alpha value is -2.58. The van der Waals surface area contributed by atoms with Crippen LogP contribution in [0.3, 0.4) is 0 Å². The fraction of sp³-hybridized carbons (Fsp3) is 0.381. The molecule has 0 fully saturated rings. The minimum atomic E-state index is -3.51. The lowest BCUT2D eigenvalue weighted by Crippen LogP contribution is -2.30. The number of methoxy groups -OCH3 is 2. The molecule has 0 aliphatic rings. The van der Waals surface area contributed by atoms with E-state index in [0.29, 0.717) is 36.7 Å². The second kappa shape index (κ2) is 10.3. The Morgan fingerprint density at radius 3 is 2.21 bits per heavy atom. The van der Waals surface area contributed by atoms with Crippen molar-refractivity contribution in [2.75, 3.05) is 32.6 Å². The van der Waals surface area contributed by atoms with Gasteiger partial charge in [-0.1, -0.05) is 26.0 Å². The number of sulfonamides is 1. The summed E-state index contributed by atoms with van der Waals surface area (Å²) in [4.78, 5) is 12.5.